The van der Waals surface area contributed by atoms with Gasteiger partial charge >= 0.3 is 5.97 Å². The van der Waals surface area contributed by atoms with Crippen molar-refractivity contribution in [3.8, 4) is 11.5 Å². The summed E-state index contributed by atoms with van der Waals surface area (Å²) in [4.78, 5) is 11.7. The number of thiophene rings is 1. The van der Waals surface area contributed by atoms with Crippen molar-refractivity contribution in [3.63, 3.8) is 0 Å². The van der Waals surface area contributed by atoms with E-state index in [1.165, 1.54) is 34.4 Å². The fraction of sp³-hybridized carbons (Fsp3) is 0.312. The lowest BCUT2D eigenvalue weighted by Gasteiger charge is -2.19. The standard InChI is InChI=1S/C16H19NO6S2/c1-17(10-11-5-6-12(21-2)9-13(11)22-3)25(19,20)14-7-8-24-15(14)16(18)23-4/h5-9H,10H2,1-4H3. The fourth-order valence-electron chi connectivity index (χ4n) is 2.22. The van der Waals surface area contributed by atoms with Gasteiger partial charge in [-0.25, -0.2) is 13.2 Å². The Balaban J connectivity index is 2.33. The van der Waals surface area contributed by atoms with Gasteiger partial charge in [0.05, 0.1) is 21.3 Å². The maximum absolute atomic E-state index is 12.8. The van der Waals surface area contributed by atoms with Gasteiger partial charge in [0, 0.05) is 25.2 Å². The first-order chi connectivity index (χ1) is 11.8. The average molecular weight is 385 g/mol. The van der Waals surface area contributed by atoms with Gasteiger partial charge in [0.25, 0.3) is 0 Å². The molecule has 0 amide bonds. The number of carbonyl (C=O) groups excluding carboxylic acids is 1. The van der Waals surface area contributed by atoms with Crippen LogP contribution in [0.5, 0.6) is 11.5 Å². The van der Waals surface area contributed by atoms with Crippen molar-refractivity contribution in [2.24, 2.45) is 0 Å². The number of ether oxygens (including phenoxy) is 3. The van der Waals surface area contributed by atoms with Gasteiger partial charge in [0.15, 0.2) is 0 Å². The molecular formula is C16H19NO6S2. The lowest BCUT2D eigenvalue weighted by molar-refractivity contribution is 0.0602. The number of rotatable bonds is 7. The third kappa shape index (κ3) is 3.94. The highest BCUT2D eigenvalue weighted by Gasteiger charge is 2.29. The Morgan fingerprint density at radius 1 is 1.16 bits per heavy atom. The van der Waals surface area contributed by atoms with Crippen LogP contribution in [0.15, 0.2) is 34.5 Å². The molecule has 7 nitrogen and oxygen atoms in total. The first-order valence-corrected chi connectivity index (χ1v) is 9.50. The predicted molar refractivity (Wildman–Crippen MR) is 93.9 cm³/mol. The van der Waals surface area contributed by atoms with Gasteiger partial charge < -0.3 is 14.2 Å². The summed E-state index contributed by atoms with van der Waals surface area (Å²) < 4.78 is 41.9. The van der Waals surface area contributed by atoms with Gasteiger partial charge in [0.2, 0.25) is 10.0 Å². The highest BCUT2D eigenvalue weighted by molar-refractivity contribution is 7.89. The Morgan fingerprint density at radius 2 is 1.88 bits per heavy atom. The van der Waals surface area contributed by atoms with E-state index in [1.807, 2.05) is 0 Å². The number of sulfonamides is 1. The summed E-state index contributed by atoms with van der Waals surface area (Å²) in [6.45, 7) is 0.0754. The van der Waals surface area contributed by atoms with Crippen molar-refractivity contribution in [1.29, 1.82) is 0 Å². The fourth-order valence-corrected chi connectivity index (χ4v) is 4.67. The van der Waals surface area contributed by atoms with Crippen LogP contribution in [0, 0.1) is 0 Å². The number of methoxy groups -OCH3 is 3. The molecule has 9 heteroatoms. The molecule has 1 aromatic heterocycles. The second kappa shape index (κ2) is 7.85. The number of esters is 1. The van der Waals surface area contributed by atoms with Crippen molar-refractivity contribution in [2.45, 2.75) is 11.4 Å². The normalized spacial score (nSPS) is 11.4. The molecule has 0 atom stereocenters. The van der Waals surface area contributed by atoms with Gasteiger partial charge in [-0.15, -0.1) is 11.3 Å². The molecule has 0 aliphatic carbocycles. The van der Waals surface area contributed by atoms with Gasteiger partial charge in [-0.05, 0) is 17.5 Å². The summed E-state index contributed by atoms with van der Waals surface area (Å²) in [6.07, 6.45) is 0. The minimum absolute atomic E-state index is 0.0519. The molecule has 1 heterocycles. The summed E-state index contributed by atoms with van der Waals surface area (Å²) in [6, 6.07) is 6.54. The van der Waals surface area contributed by atoms with Gasteiger partial charge in [-0.3, -0.25) is 0 Å². The molecule has 0 fully saturated rings. The molecule has 0 saturated carbocycles. The smallest absolute Gasteiger partial charge is 0.349 e. The van der Waals surface area contributed by atoms with Crippen LogP contribution in [0.4, 0.5) is 0 Å². The zero-order valence-electron chi connectivity index (χ0n) is 14.3. The summed E-state index contributed by atoms with van der Waals surface area (Å²) in [5, 5.41) is 1.54. The minimum atomic E-state index is -3.86. The van der Waals surface area contributed by atoms with E-state index in [2.05, 4.69) is 4.74 Å². The van der Waals surface area contributed by atoms with Crippen LogP contribution < -0.4 is 9.47 Å². The molecule has 0 radical (unpaired) electrons. The summed E-state index contributed by atoms with van der Waals surface area (Å²) in [5.74, 6) is 0.445. The van der Waals surface area contributed by atoms with Crippen molar-refractivity contribution >= 4 is 27.3 Å². The molecule has 25 heavy (non-hydrogen) atoms. The van der Waals surface area contributed by atoms with Crippen LogP contribution in [-0.4, -0.2) is 47.1 Å². The van der Waals surface area contributed by atoms with Crippen LogP contribution in [0.25, 0.3) is 0 Å². The molecule has 0 spiro atoms. The highest BCUT2D eigenvalue weighted by Crippen LogP contribution is 2.29. The number of benzene rings is 1. The molecular weight excluding hydrogens is 366 g/mol. The minimum Gasteiger partial charge on any atom is -0.497 e. The van der Waals surface area contributed by atoms with Gasteiger partial charge in [0.1, 0.15) is 21.3 Å². The van der Waals surface area contributed by atoms with Crippen LogP contribution in [-0.2, 0) is 21.3 Å². The van der Waals surface area contributed by atoms with Crippen molar-refractivity contribution in [1.82, 2.24) is 4.31 Å². The summed E-state index contributed by atoms with van der Waals surface area (Å²) in [5.41, 5.74) is 0.671. The van der Waals surface area contributed by atoms with E-state index < -0.39 is 16.0 Å². The van der Waals surface area contributed by atoms with E-state index in [-0.39, 0.29) is 16.3 Å². The number of hydrogen-bond acceptors (Lipinski definition) is 7. The second-order valence-corrected chi connectivity index (χ2v) is 7.97. The molecule has 0 unspecified atom stereocenters. The van der Waals surface area contributed by atoms with E-state index in [1.54, 1.807) is 23.6 Å². The molecule has 0 bridgehead atoms. The first-order valence-electron chi connectivity index (χ1n) is 7.18. The zero-order chi connectivity index (χ0) is 18.6. The Labute approximate surface area is 150 Å². The van der Waals surface area contributed by atoms with E-state index in [9.17, 15) is 13.2 Å². The molecule has 0 aliphatic rings. The molecule has 0 saturated heterocycles. The number of nitrogens with zero attached hydrogens (tertiary/aromatic N) is 1. The maximum Gasteiger partial charge on any atom is 0.349 e. The Hall–Kier alpha value is -2.10. The van der Waals surface area contributed by atoms with Crippen LogP contribution in [0.2, 0.25) is 0 Å². The summed E-state index contributed by atoms with van der Waals surface area (Å²) in [7, 11) is 1.83. The third-order valence-electron chi connectivity index (χ3n) is 3.58. The molecule has 1 aromatic carbocycles. The van der Waals surface area contributed by atoms with E-state index in [0.29, 0.717) is 17.1 Å². The lowest BCUT2D eigenvalue weighted by atomic mass is 10.2. The first kappa shape index (κ1) is 19.2. The molecule has 0 N–H and O–H groups in total. The zero-order valence-corrected chi connectivity index (χ0v) is 15.9. The largest absolute Gasteiger partial charge is 0.497 e. The lowest BCUT2D eigenvalue weighted by Crippen LogP contribution is -2.27. The topological polar surface area (TPSA) is 82.1 Å². The maximum atomic E-state index is 12.8. The average Bonchev–Trinajstić information content (AvgIpc) is 3.11. The number of carbonyl (C=O) groups is 1. The molecule has 2 aromatic rings. The quantitative estimate of drug-likeness (QED) is 0.681. The molecule has 136 valence electrons. The van der Waals surface area contributed by atoms with Crippen molar-refractivity contribution < 1.29 is 27.4 Å². The van der Waals surface area contributed by atoms with Crippen molar-refractivity contribution in [2.75, 3.05) is 28.4 Å². The molecule has 2 rings (SSSR count). The van der Waals surface area contributed by atoms with Crippen LogP contribution >= 0.6 is 11.3 Å². The van der Waals surface area contributed by atoms with E-state index in [4.69, 9.17) is 9.47 Å². The second-order valence-electron chi connectivity index (χ2n) is 5.04. The van der Waals surface area contributed by atoms with Gasteiger partial charge in [-0.2, -0.15) is 4.31 Å². The van der Waals surface area contributed by atoms with E-state index >= 15 is 0 Å². The Kier molecular flexibility index (Phi) is 6.04. The predicted octanol–water partition coefficient (Wildman–Crippen LogP) is 2.37. The van der Waals surface area contributed by atoms with Crippen molar-refractivity contribution in [3.05, 3.63) is 40.1 Å². The van der Waals surface area contributed by atoms with Crippen LogP contribution in [0.1, 0.15) is 15.2 Å². The van der Waals surface area contributed by atoms with E-state index in [0.717, 1.165) is 15.6 Å². The van der Waals surface area contributed by atoms with Gasteiger partial charge in [-0.1, -0.05) is 6.07 Å². The Bertz CT molecular complexity index is 859. The SMILES string of the molecule is COC(=O)c1sccc1S(=O)(=O)N(C)Cc1ccc(OC)cc1OC. The number of hydrogen-bond donors (Lipinski definition) is 0. The molecule has 0 aliphatic heterocycles. The summed E-state index contributed by atoms with van der Waals surface area (Å²) >= 11 is 1.02. The van der Waals surface area contributed by atoms with Crippen LogP contribution in [0.3, 0.4) is 0 Å². The Morgan fingerprint density at radius 3 is 2.48 bits per heavy atom. The third-order valence-corrected chi connectivity index (χ3v) is 6.44. The highest BCUT2D eigenvalue weighted by atomic mass is 32.2. The monoisotopic (exact) mass is 385 g/mol.